The van der Waals surface area contributed by atoms with Crippen molar-refractivity contribution in [3.05, 3.63) is 64.2 Å². The molecule has 0 aliphatic carbocycles. The molecule has 2 aromatic carbocycles. The minimum Gasteiger partial charge on any atom is -0.489 e. The van der Waals surface area contributed by atoms with Crippen LogP contribution in [0, 0.1) is 23.0 Å². The van der Waals surface area contributed by atoms with Crippen LogP contribution >= 0.6 is 0 Å². The first-order chi connectivity index (χ1) is 10.7. The van der Waals surface area contributed by atoms with Crippen LogP contribution in [0.1, 0.15) is 22.3 Å². The van der Waals surface area contributed by atoms with Crippen molar-refractivity contribution in [1.29, 1.82) is 5.26 Å². The van der Waals surface area contributed by atoms with Crippen molar-refractivity contribution < 1.29 is 13.5 Å². The van der Waals surface area contributed by atoms with Gasteiger partial charge in [-0.2, -0.15) is 5.26 Å². The molecule has 22 heavy (non-hydrogen) atoms. The van der Waals surface area contributed by atoms with Gasteiger partial charge in [-0.3, -0.25) is 4.99 Å². The molecule has 0 radical (unpaired) electrons. The molecular weight excluding hydrogens is 286 g/mol. The summed E-state index contributed by atoms with van der Waals surface area (Å²) in [6.07, 6.45) is 2.19. The van der Waals surface area contributed by atoms with E-state index < -0.39 is 5.82 Å². The molecule has 0 unspecified atom stereocenters. The number of hydrogen-bond donors (Lipinski definition) is 0. The van der Waals surface area contributed by atoms with Gasteiger partial charge in [0.1, 0.15) is 24.0 Å². The van der Waals surface area contributed by atoms with E-state index in [-0.39, 0.29) is 18.0 Å². The molecule has 0 spiro atoms. The lowest BCUT2D eigenvalue weighted by molar-refractivity contribution is 0.298. The SMILES string of the molecule is N#Cc1ccc(COc2cc(F)c3c(c2)C=NCC3)c(F)c1. The van der Waals surface area contributed by atoms with Crippen molar-refractivity contribution in [2.24, 2.45) is 4.99 Å². The molecule has 0 atom stereocenters. The lowest BCUT2D eigenvalue weighted by atomic mass is 10.0. The van der Waals surface area contributed by atoms with Gasteiger partial charge in [-0.15, -0.1) is 0 Å². The number of halogens is 2. The normalized spacial score (nSPS) is 12.6. The molecule has 110 valence electrons. The van der Waals surface area contributed by atoms with Crippen molar-refractivity contribution in [3.8, 4) is 11.8 Å². The zero-order chi connectivity index (χ0) is 15.5. The summed E-state index contributed by atoms with van der Waals surface area (Å²) in [6.45, 7) is 0.549. The second-order valence-electron chi connectivity index (χ2n) is 4.96. The molecule has 1 heterocycles. The van der Waals surface area contributed by atoms with Crippen molar-refractivity contribution in [2.75, 3.05) is 6.54 Å². The zero-order valence-electron chi connectivity index (χ0n) is 11.6. The largest absolute Gasteiger partial charge is 0.489 e. The van der Waals surface area contributed by atoms with E-state index in [0.29, 0.717) is 35.4 Å². The zero-order valence-corrected chi connectivity index (χ0v) is 11.6. The lowest BCUT2D eigenvalue weighted by Gasteiger charge is -2.14. The minimum absolute atomic E-state index is 0.0348. The third-order valence-corrected chi connectivity index (χ3v) is 3.50. The highest BCUT2D eigenvalue weighted by Crippen LogP contribution is 2.24. The summed E-state index contributed by atoms with van der Waals surface area (Å²) >= 11 is 0. The highest BCUT2D eigenvalue weighted by Gasteiger charge is 2.13. The van der Waals surface area contributed by atoms with Crippen LogP contribution in [0.4, 0.5) is 8.78 Å². The average Bonchev–Trinajstić information content (AvgIpc) is 2.53. The third-order valence-electron chi connectivity index (χ3n) is 3.50. The van der Waals surface area contributed by atoms with Crippen molar-refractivity contribution in [1.82, 2.24) is 0 Å². The summed E-state index contributed by atoms with van der Waals surface area (Å²) < 4.78 is 33.2. The lowest BCUT2D eigenvalue weighted by Crippen LogP contribution is -2.07. The summed E-state index contributed by atoms with van der Waals surface area (Å²) in [5.41, 5.74) is 1.89. The number of aliphatic imine (C=N–C) groups is 1. The van der Waals surface area contributed by atoms with Crippen LogP contribution in [0.3, 0.4) is 0 Å². The maximum absolute atomic E-state index is 14.0. The van der Waals surface area contributed by atoms with E-state index in [4.69, 9.17) is 10.00 Å². The Kier molecular flexibility index (Phi) is 3.84. The van der Waals surface area contributed by atoms with E-state index >= 15 is 0 Å². The van der Waals surface area contributed by atoms with Crippen molar-refractivity contribution in [3.63, 3.8) is 0 Å². The second kappa shape index (κ2) is 5.94. The van der Waals surface area contributed by atoms with Gasteiger partial charge in [-0.05, 0) is 30.2 Å². The predicted molar refractivity (Wildman–Crippen MR) is 78.0 cm³/mol. The molecule has 1 aliphatic rings. The van der Waals surface area contributed by atoms with Crippen LogP contribution in [0.5, 0.6) is 5.75 Å². The van der Waals surface area contributed by atoms with Crippen molar-refractivity contribution >= 4 is 6.21 Å². The molecule has 1 aliphatic heterocycles. The third kappa shape index (κ3) is 2.82. The smallest absolute Gasteiger partial charge is 0.131 e. The standard InChI is InChI=1S/C17H12F2N2O/c18-16-5-11(8-20)1-2-12(16)10-22-14-6-13-9-21-4-3-15(13)17(19)7-14/h1-2,5-7,9H,3-4,10H2. The van der Waals surface area contributed by atoms with Crippen LogP contribution in [-0.4, -0.2) is 12.8 Å². The van der Waals surface area contributed by atoms with Gasteiger partial charge >= 0.3 is 0 Å². The van der Waals surface area contributed by atoms with E-state index in [2.05, 4.69) is 4.99 Å². The van der Waals surface area contributed by atoms with Gasteiger partial charge in [0.25, 0.3) is 0 Å². The molecule has 0 saturated carbocycles. The maximum Gasteiger partial charge on any atom is 0.131 e. The van der Waals surface area contributed by atoms with Gasteiger partial charge in [0, 0.05) is 30.0 Å². The highest BCUT2D eigenvalue weighted by atomic mass is 19.1. The van der Waals surface area contributed by atoms with Crippen LogP contribution in [-0.2, 0) is 13.0 Å². The molecule has 0 amide bonds. The van der Waals surface area contributed by atoms with Gasteiger partial charge in [0.15, 0.2) is 0 Å². The number of hydrogen-bond acceptors (Lipinski definition) is 3. The Bertz CT molecular complexity index is 794. The quantitative estimate of drug-likeness (QED) is 0.872. The fourth-order valence-electron chi connectivity index (χ4n) is 2.33. The van der Waals surface area contributed by atoms with E-state index in [1.807, 2.05) is 6.07 Å². The summed E-state index contributed by atoms with van der Waals surface area (Å²) in [6, 6.07) is 9.03. The number of rotatable bonds is 3. The Morgan fingerprint density at radius 3 is 2.82 bits per heavy atom. The van der Waals surface area contributed by atoms with E-state index in [9.17, 15) is 8.78 Å². The maximum atomic E-state index is 14.0. The molecule has 0 aromatic heterocycles. The summed E-state index contributed by atoms with van der Waals surface area (Å²) in [4.78, 5) is 4.11. The Hall–Kier alpha value is -2.74. The Labute approximate surface area is 126 Å². The van der Waals surface area contributed by atoms with Gasteiger partial charge in [0.05, 0.1) is 11.6 Å². The van der Waals surface area contributed by atoms with Crippen LogP contribution < -0.4 is 4.74 Å². The van der Waals surface area contributed by atoms with Gasteiger partial charge in [-0.1, -0.05) is 6.07 Å². The number of benzene rings is 2. The highest BCUT2D eigenvalue weighted by molar-refractivity contribution is 5.83. The molecule has 0 bridgehead atoms. The first-order valence-corrected chi connectivity index (χ1v) is 6.81. The fourth-order valence-corrected chi connectivity index (χ4v) is 2.33. The topological polar surface area (TPSA) is 45.4 Å². The molecular formula is C17H12F2N2O. The first-order valence-electron chi connectivity index (χ1n) is 6.81. The first kappa shape index (κ1) is 14.2. The number of fused-ring (bicyclic) bond motifs is 1. The Morgan fingerprint density at radius 2 is 2.05 bits per heavy atom. The molecule has 3 rings (SSSR count). The van der Waals surface area contributed by atoms with Crippen LogP contribution in [0.15, 0.2) is 35.3 Å². The van der Waals surface area contributed by atoms with E-state index in [1.165, 1.54) is 18.2 Å². The Morgan fingerprint density at radius 1 is 1.18 bits per heavy atom. The molecule has 0 saturated heterocycles. The molecule has 0 fully saturated rings. The van der Waals surface area contributed by atoms with Crippen LogP contribution in [0.25, 0.3) is 0 Å². The van der Waals surface area contributed by atoms with E-state index in [1.54, 1.807) is 12.3 Å². The monoisotopic (exact) mass is 298 g/mol. The summed E-state index contributed by atoms with van der Waals surface area (Å²) in [5, 5.41) is 8.70. The average molecular weight is 298 g/mol. The molecule has 0 N–H and O–H groups in total. The fraction of sp³-hybridized carbons (Fsp3) is 0.176. The number of ether oxygens (including phenoxy) is 1. The summed E-state index contributed by atoms with van der Waals surface area (Å²) in [7, 11) is 0. The molecule has 5 heteroatoms. The minimum atomic E-state index is -0.515. The van der Waals surface area contributed by atoms with E-state index in [0.717, 1.165) is 6.07 Å². The van der Waals surface area contributed by atoms with Gasteiger partial charge < -0.3 is 4.74 Å². The number of nitriles is 1. The summed E-state index contributed by atoms with van der Waals surface area (Å²) in [5.74, 6) is -0.522. The van der Waals surface area contributed by atoms with Crippen molar-refractivity contribution in [2.45, 2.75) is 13.0 Å². The van der Waals surface area contributed by atoms with Gasteiger partial charge in [0.2, 0.25) is 0 Å². The molecule has 2 aromatic rings. The second-order valence-corrected chi connectivity index (χ2v) is 4.96. The molecule has 3 nitrogen and oxygen atoms in total. The van der Waals surface area contributed by atoms with Gasteiger partial charge in [-0.25, -0.2) is 8.78 Å². The predicted octanol–water partition coefficient (Wildman–Crippen LogP) is 3.39. The van der Waals surface area contributed by atoms with Crippen LogP contribution in [0.2, 0.25) is 0 Å². The number of nitrogens with zero attached hydrogens (tertiary/aromatic N) is 2. The Balaban J connectivity index is 1.79.